The summed E-state index contributed by atoms with van der Waals surface area (Å²) in [5, 5.41) is 0. The standard InChI is InChI=1S/C6H12O2S.Na/c1-3-4-6(2)5-9(7)8;/h3,6H,1,4-5H2,2H3,(H,7,8);/q;+1/p-1/t6-;/m1./s1. The molecule has 0 aromatic heterocycles. The van der Waals surface area contributed by atoms with Crippen molar-refractivity contribution in [2.24, 2.45) is 5.92 Å². The molecule has 10 heavy (non-hydrogen) atoms. The smallest absolute Gasteiger partial charge is 0.772 e. The van der Waals surface area contributed by atoms with Gasteiger partial charge in [-0.05, 0) is 12.3 Å². The number of hydrogen-bond donors (Lipinski definition) is 0. The van der Waals surface area contributed by atoms with Gasteiger partial charge >= 0.3 is 29.6 Å². The number of rotatable bonds is 4. The summed E-state index contributed by atoms with van der Waals surface area (Å²) in [6, 6.07) is 0. The van der Waals surface area contributed by atoms with Crippen LogP contribution in [0.2, 0.25) is 0 Å². The molecule has 2 atom stereocenters. The van der Waals surface area contributed by atoms with Gasteiger partial charge in [0.25, 0.3) is 0 Å². The minimum Gasteiger partial charge on any atom is -0.772 e. The van der Waals surface area contributed by atoms with Crippen molar-refractivity contribution in [1.82, 2.24) is 0 Å². The average molecular weight is 170 g/mol. The van der Waals surface area contributed by atoms with E-state index in [9.17, 15) is 8.76 Å². The van der Waals surface area contributed by atoms with E-state index >= 15 is 0 Å². The van der Waals surface area contributed by atoms with Crippen LogP contribution < -0.4 is 29.6 Å². The molecular weight excluding hydrogens is 159 g/mol. The molecule has 0 aromatic rings. The second-order valence-electron chi connectivity index (χ2n) is 2.10. The van der Waals surface area contributed by atoms with Crippen LogP contribution in [0.25, 0.3) is 0 Å². The molecule has 0 amide bonds. The van der Waals surface area contributed by atoms with Gasteiger partial charge in [-0.25, -0.2) is 0 Å². The van der Waals surface area contributed by atoms with Crippen LogP contribution in [0.15, 0.2) is 12.7 Å². The third kappa shape index (κ3) is 8.85. The van der Waals surface area contributed by atoms with Gasteiger partial charge in [-0.15, -0.1) is 6.58 Å². The fourth-order valence-electron chi connectivity index (χ4n) is 0.585. The van der Waals surface area contributed by atoms with E-state index in [1.165, 1.54) is 0 Å². The van der Waals surface area contributed by atoms with Gasteiger partial charge in [-0.2, -0.15) is 0 Å². The van der Waals surface area contributed by atoms with E-state index in [4.69, 9.17) is 0 Å². The van der Waals surface area contributed by atoms with Gasteiger partial charge in [0.2, 0.25) is 0 Å². The molecule has 0 aromatic carbocycles. The molecule has 54 valence electrons. The molecule has 0 saturated carbocycles. The second kappa shape index (κ2) is 7.95. The summed E-state index contributed by atoms with van der Waals surface area (Å²) in [5.74, 6) is 0.451. The molecule has 0 aliphatic rings. The third-order valence-corrected chi connectivity index (χ3v) is 1.83. The molecule has 0 fully saturated rings. The SMILES string of the molecule is C=CC[C@@H](C)CS(=O)[O-].[Na+]. The summed E-state index contributed by atoms with van der Waals surface area (Å²) in [4.78, 5) is 0. The summed E-state index contributed by atoms with van der Waals surface area (Å²) in [7, 11) is 0. The Kier molecular flexibility index (Phi) is 10.7. The van der Waals surface area contributed by atoms with Crippen LogP contribution in [0.3, 0.4) is 0 Å². The Bertz CT molecular complexity index is 116. The zero-order valence-electron chi connectivity index (χ0n) is 6.50. The minimum absolute atomic E-state index is 0. The van der Waals surface area contributed by atoms with E-state index in [0.29, 0.717) is 0 Å². The van der Waals surface area contributed by atoms with Crippen molar-refractivity contribution < 1.29 is 38.3 Å². The van der Waals surface area contributed by atoms with Crippen LogP contribution in [0, 0.1) is 5.92 Å². The maximum Gasteiger partial charge on any atom is 1.00 e. The molecule has 0 bridgehead atoms. The predicted molar refractivity (Wildman–Crippen MR) is 37.8 cm³/mol. The predicted octanol–water partition coefficient (Wildman–Crippen LogP) is -1.92. The van der Waals surface area contributed by atoms with Crippen molar-refractivity contribution in [3.05, 3.63) is 12.7 Å². The monoisotopic (exact) mass is 170 g/mol. The Labute approximate surface area is 86.7 Å². The maximum absolute atomic E-state index is 10.1. The van der Waals surface area contributed by atoms with Crippen molar-refractivity contribution in [1.29, 1.82) is 0 Å². The van der Waals surface area contributed by atoms with Crippen LogP contribution in [0.1, 0.15) is 13.3 Å². The van der Waals surface area contributed by atoms with Gasteiger partial charge in [0.05, 0.1) is 0 Å². The molecule has 0 radical (unpaired) electrons. The molecule has 1 unspecified atom stereocenters. The summed E-state index contributed by atoms with van der Waals surface area (Å²) in [6.45, 7) is 5.39. The Morgan fingerprint density at radius 1 is 1.80 bits per heavy atom. The average Bonchev–Trinajstić information content (AvgIpc) is 1.63. The zero-order chi connectivity index (χ0) is 7.28. The summed E-state index contributed by atoms with van der Waals surface area (Å²) in [5.41, 5.74) is 0. The normalized spacial score (nSPS) is 15.0. The van der Waals surface area contributed by atoms with Gasteiger partial charge in [-0.3, -0.25) is 4.21 Å². The fraction of sp³-hybridized carbons (Fsp3) is 0.667. The molecule has 0 heterocycles. The van der Waals surface area contributed by atoms with Crippen molar-refractivity contribution in [2.45, 2.75) is 13.3 Å². The quantitative estimate of drug-likeness (QED) is 0.280. The molecule has 4 heteroatoms. The van der Waals surface area contributed by atoms with Crippen LogP contribution in [-0.2, 0) is 11.1 Å². The molecule has 0 aliphatic carbocycles. The van der Waals surface area contributed by atoms with Crippen LogP contribution in [0.5, 0.6) is 0 Å². The first kappa shape index (κ1) is 13.4. The molecule has 0 aliphatic heterocycles. The first-order valence-corrected chi connectivity index (χ1v) is 4.08. The van der Waals surface area contributed by atoms with E-state index in [1.54, 1.807) is 6.08 Å². The van der Waals surface area contributed by atoms with Crippen molar-refractivity contribution >= 4 is 11.1 Å². The summed E-state index contributed by atoms with van der Waals surface area (Å²) < 4.78 is 20.1. The van der Waals surface area contributed by atoms with Crippen LogP contribution in [0.4, 0.5) is 0 Å². The van der Waals surface area contributed by atoms with Gasteiger partial charge < -0.3 is 4.55 Å². The Morgan fingerprint density at radius 2 is 2.30 bits per heavy atom. The van der Waals surface area contributed by atoms with E-state index in [-0.39, 0.29) is 41.2 Å². The first-order valence-electron chi connectivity index (χ1n) is 2.83. The number of allylic oxidation sites excluding steroid dienone is 1. The van der Waals surface area contributed by atoms with E-state index in [0.717, 1.165) is 6.42 Å². The summed E-state index contributed by atoms with van der Waals surface area (Å²) >= 11 is -1.89. The van der Waals surface area contributed by atoms with Gasteiger partial charge in [0.1, 0.15) is 0 Å². The maximum atomic E-state index is 10.1. The Balaban J connectivity index is 0. The molecular formula is C6H11NaO2S. The Morgan fingerprint density at radius 3 is 2.60 bits per heavy atom. The summed E-state index contributed by atoms with van der Waals surface area (Å²) in [6.07, 6.45) is 2.51. The fourth-order valence-corrected chi connectivity index (χ4v) is 1.19. The van der Waals surface area contributed by atoms with E-state index in [1.807, 2.05) is 6.92 Å². The van der Waals surface area contributed by atoms with E-state index < -0.39 is 11.1 Å². The molecule has 2 nitrogen and oxygen atoms in total. The zero-order valence-corrected chi connectivity index (χ0v) is 9.32. The largest absolute Gasteiger partial charge is 1.00 e. The molecule has 0 saturated heterocycles. The van der Waals surface area contributed by atoms with Crippen molar-refractivity contribution in [3.63, 3.8) is 0 Å². The first-order chi connectivity index (χ1) is 4.16. The van der Waals surface area contributed by atoms with Gasteiger partial charge in [0.15, 0.2) is 0 Å². The van der Waals surface area contributed by atoms with Gasteiger partial charge in [0, 0.05) is 5.75 Å². The van der Waals surface area contributed by atoms with Crippen LogP contribution in [-0.4, -0.2) is 14.5 Å². The van der Waals surface area contributed by atoms with E-state index in [2.05, 4.69) is 6.58 Å². The molecule has 0 spiro atoms. The molecule has 0 N–H and O–H groups in total. The number of hydrogen-bond acceptors (Lipinski definition) is 2. The van der Waals surface area contributed by atoms with Crippen molar-refractivity contribution in [3.8, 4) is 0 Å². The molecule has 0 rings (SSSR count). The Hall–Kier alpha value is 0.850. The van der Waals surface area contributed by atoms with Gasteiger partial charge in [-0.1, -0.05) is 24.1 Å². The topological polar surface area (TPSA) is 40.1 Å². The van der Waals surface area contributed by atoms with Crippen LogP contribution >= 0.6 is 0 Å². The third-order valence-electron chi connectivity index (χ3n) is 0.990. The van der Waals surface area contributed by atoms with Crippen molar-refractivity contribution in [2.75, 3.05) is 5.75 Å². The second-order valence-corrected chi connectivity index (χ2v) is 3.04. The minimum atomic E-state index is -1.89.